The molecule has 0 spiro atoms. The van der Waals surface area contributed by atoms with Gasteiger partial charge in [0.15, 0.2) is 0 Å². The molecule has 98 valence electrons. The first-order chi connectivity index (χ1) is 8.13. The summed E-state index contributed by atoms with van der Waals surface area (Å²) < 4.78 is 5.26. The highest BCUT2D eigenvalue weighted by Crippen LogP contribution is 2.33. The molecular formula is C11H20N2O4. The van der Waals surface area contributed by atoms with Gasteiger partial charge in [0, 0.05) is 26.6 Å². The predicted octanol–water partition coefficient (Wildman–Crippen LogP) is 0.575. The van der Waals surface area contributed by atoms with E-state index >= 15 is 0 Å². The second-order valence-corrected chi connectivity index (χ2v) is 4.25. The fraction of sp³-hybridized carbons (Fsp3) is 0.818. The topological polar surface area (TPSA) is 87.7 Å². The van der Waals surface area contributed by atoms with Crippen molar-refractivity contribution in [3.8, 4) is 0 Å². The summed E-state index contributed by atoms with van der Waals surface area (Å²) in [6, 6.07) is -0.266. The number of aliphatic carboxylic acids is 1. The van der Waals surface area contributed by atoms with Crippen molar-refractivity contribution in [3.05, 3.63) is 0 Å². The standard InChI is InChI=1S/C11H20N2O4/c1-17-9(8-4-5-8)7-13-11(16)12-6-2-3-10(14)15/h8-9H,2-7H2,1H3,(H,14,15)(H2,12,13,16). The Hall–Kier alpha value is -1.30. The van der Waals surface area contributed by atoms with Gasteiger partial charge in [-0.3, -0.25) is 4.79 Å². The van der Waals surface area contributed by atoms with E-state index in [1.807, 2.05) is 0 Å². The number of carbonyl (C=O) groups is 2. The Morgan fingerprint density at radius 3 is 2.65 bits per heavy atom. The smallest absolute Gasteiger partial charge is 0.314 e. The van der Waals surface area contributed by atoms with Gasteiger partial charge in [0.2, 0.25) is 0 Å². The van der Waals surface area contributed by atoms with Crippen molar-refractivity contribution in [2.75, 3.05) is 20.2 Å². The van der Waals surface area contributed by atoms with Crippen LogP contribution in [-0.4, -0.2) is 43.4 Å². The molecule has 1 unspecified atom stereocenters. The molecule has 1 rings (SSSR count). The van der Waals surface area contributed by atoms with E-state index in [-0.39, 0.29) is 18.6 Å². The van der Waals surface area contributed by atoms with Gasteiger partial charge >= 0.3 is 12.0 Å². The summed E-state index contributed by atoms with van der Waals surface area (Å²) >= 11 is 0. The van der Waals surface area contributed by atoms with E-state index in [0.29, 0.717) is 25.4 Å². The van der Waals surface area contributed by atoms with Crippen LogP contribution < -0.4 is 10.6 Å². The SMILES string of the molecule is COC(CNC(=O)NCCCC(=O)O)C1CC1. The Balaban J connectivity index is 2.02. The maximum atomic E-state index is 11.3. The zero-order chi connectivity index (χ0) is 12.7. The van der Waals surface area contributed by atoms with Gasteiger partial charge in [0.05, 0.1) is 6.10 Å². The Bertz CT molecular complexity index is 266. The number of hydrogen-bond donors (Lipinski definition) is 3. The highest BCUT2D eigenvalue weighted by atomic mass is 16.5. The number of methoxy groups -OCH3 is 1. The molecule has 6 heteroatoms. The first-order valence-electron chi connectivity index (χ1n) is 5.89. The fourth-order valence-electron chi connectivity index (χ4n) is 1.61. The lowest BCUT2D eigenvalue weighted by atomic mass is 10.2. The molecule has 1 atom stereocenters. The highest BCUT2D eigenvalue weighted by Gasteiger charge is 2.31. The third-order valence-electron chi connectivity index (χ3n) is 2.77. The van der Waals surface area contributed by atoms with Crippen molar-refractivity contribution in [1.82, 2.24) is 10.6 Å². The molecule has 0 heterocycles. The van der Waals surface area contributed by atoms with Crippen LogP contribution in [0.1, 0.15) is 25.7 Å². The second kappa shape index (κ2) is 7.11. The number of rotatable bonds is 8. The predicted molar refractivity (Wildman–Crippen MR) is 61.8 cm³/mol. The van der Waals surface area contributed by atoms with E-state index in [0.717, 1.165) is 0 Å². The van der Waals surface area contributed by atoms with E-state index in [2.05, 4.69) is 10.6 Å². The Morgan fingerprint density at radius 1 is 1.41 bits per heavy atom. The molecule has 1 aliphatic carbocycles. The van der Waals surface area contributed by atoms with Crippen molar-refractivity contribution in [2.24, 2.45) is 5.92 Å². The average molecular weight is 244 g/mol. The number of carboxylic acids is 1. The summed E-state index contributed by atoms with van der Waals surface area (Å²) in [5.41, 5.74) is 0. The van der Waals surface area contributed by atoms with E-state index in [9.17, 15) is 9.59 Å². The molecule has 0 bridgehead atoms. The second-order valence-electron chi connectivity index (χ2n) is 4.25. The molecule has 1 fully saturated rings. The molecule has 17 heavy (non-hydrogen) atoms. The third kappa shape index (κ3) is 6.11. The van der Waals surface area contributed by atoms with Gasteiger partial charge in [-0.25, -0.2) is 4.79 Å². The van der Waals surface area contributed by atoms with Gasteiger partial charge in [-0.15, -0.1) is 0 Å². The van der Waals surface area contributed by atoms with Gasteiger partial charge in [0.25, 0.3) is 0 Å². The molecule has 0 aromatic carbocycles. The zero-order valence-electron chi connectivity index (χ0n) is 10.1. The lowest BCUT2D eigenvalue weighted by Crippen LogP contribution is -2.41. The van der Waals surface area contributed by atoms with Gasteiger partial charge in [0.1, 0.15) is 0 Å². The third-order valence-corrected chi connectivity index (χ3v) is 2.77. The van der Waals surface area contributed by atoms with E-state index in [4.69, 9.17) is 9.84 Å². The van der Waals surface area contributed by atoms with Crippen LogP contribution in [0.3, 0.4) is 0 Å². The summed E-state index contributed by atoms with van der Waals surface area (Å²) in [5.74, 6) is -0.271. The number of amides is 2. The molecule has 0 aliphatic heterocycles. The number of urea groups is 1. The summed E-state index contributed by atoms with van der Waals surface area (Å²) in [7, 11) is 1.65. The van der Waals surface area contributed by atoms with Crippen LogP contribution >= 0.6 is 0 Å². The zero-order valence-corrected chi connectivity index (χ0v) is 10.1. The van der Waals surface area contributed by atoms with Crippen LogP contribution in [0.5, 0.6) is 0 Å². The lowest BCUT2D eigenvalue weighted by molar-refractivity contribution is -0.137. The van der Waals surface area contributed by atoms with Crippen LogP contribution in [0.2, 0.25) is 0 Å². The molecule has 2 amide bonds. The van der Waals surface area contributed by atoms with Crippen LogP contribution in [0.15, 0.2) is 0 Å². The molecule has 3 N–H and O–H groups in total. The number of carbonyl (C=O) groups excluding carboxylic acids is 1. The Kier molecular flexibility index (Phi) is 5.76. The van der Waals surface area contributed by atoms with Crippen LogP contribution in [0.4, 0.5) is 4.79 Å². The number of carboxylic acid groups (broad SMARTS) is 1. The molecule has 1 aliphatic rings. The van der Waals surface area contributed by atoms with Crippen molar-refractivity contribution in [1.29, 1.82) is 0 Å². The summed E-state index contributed by atoms with van der Waals surface area (Å²) in [6.07, 6.45) is 2.95. The fourth-order valence-corrected chi connectivity index (χ4v) is 1.61. The quantitative estimate of drug-likeness (QED) is 0.545. The van der Waals surface area contributed by atoms with Crippen molar-refractivity contribution in [2.45, 2.75) is 31.8 Å². The van der Waals surface area contributed by atoms with Gasteiger partial charge in [-0.2, -0.15) is 0 Å². The molecule has 0 aromatic rings. The van der Waals surface area contributed by atoms with Crippen LogP contribution in [0.25, 0.3) is 0 Å². The average Bonchev–Trinajstić information content (AvgIpc) is 3.09. The van der Waals surface area contributed by atoms with Gasteiger partial charge < -0.3 is 20.5 Å². The minimum atomic E-state index is -0.847. The molecular weight excluding hydrogens is 224 g/mol. The summed E-state index contributed by atoms with van der Waals surface area (Å²) in [5, 5.41) is 13.7. The minimum absolute atomic E-state index is 0.0725. The van der Waals surface area contributed by atoms with E-state index in [1.165, 1.54) is 12.8 Å². The summed E-state index contributed by atoms with van der Waals surface area (Å²) in [4.78, 5) is 21.6. The maximum Gasteiger partial charge on any atom is 0.314 e. The largest absolute Gasteiger partial charge is 0.481 e. The first kappa shape index (κ1) is 13.8. The van der Waals surface area contributed by atoms with Crippen molar-refractivity contribution >= 4 is 12.0 Å². The first-order valence-corrected chi connectivity index (χ1v) is 5.89. The normalized spacial score (nSPS) is 16.3. The minimum Gasteiger partial charge on any atom is -0.481 e. The van der Waals surface area contributed by atoms with Crippen molar-refractivity contribution in [3.63, 3.8) is 0 Å². The van der Waals surface area contributed by atoms with E-state index < -0.39 is 5.97 Å². The molecule has 1 saturated carbocycles. The summed E-state index contributed by atoms with van der Waals surface area (Å²) in [6.45, 7) is 0.880. The molecule has 0 saturated heterocycles. The monoisotopic (exact) mass is 244 g/mol. The van der Waals surface area contributed by atoms with Crippen molar-refractivity contribution < 1.29 is 19.4 Å². The van der Waals surface area contributed by atoms with E-state index in [1.54, 1.807) is 7.11 Å². The van der Waals surface area contributed by atoms with Crippen LogP contribution in [0, 0.1) is 5.92 Å². The van der Waals surface area contributed by atoms with Crippen LogP contribution in [-0.2, 0) is 9.53 Å². The Morgan fingerprint density at radius 2 is 2.12 bits per heavy atom. The Labute approximate surface area is 101 Å². The number of nitrogens with one attached hydrogen (secondary N) is 2. The number of hydrogen-bond acceptors (Lipinski definition) is 3. The highest BCUT2D eigenvalue weighted by molar-refractivity contribution is 5.73. The molecule has 6 nitrogen and oxygen atoms in total. The molecule has 0 radical (unpaired) electrons. The maximum absolute atomic E-state index is 11.3. The number of ether oxygens (including phenoxy) is 1. The molecule has 0 aromatic heterocycles. The lowest BCUT2D eigenvalue weighted by Gasteiger charge is -2.15. The van der Waals surface area contributed by atoms with Gasteiger partial charge in [-0.05, 0) is 25.2 Å². The van der Waals surface area contributed by atoms with Gasteiger partial charge in [-0.1, -0.05) is 0 Å².